The Balaban J connectivity index is 2.79. The van der Waals surface area contributed by atoms with Crippen LogP contribution in [0.15, 0.2) is 16.6 Å². The van der Waals surface area contributed by atoms with Crippen molar-refractivity contribution in [2.45, 2.75) is 26.4 Å². The number of aromatic nitrogens is 1. The molecule has 0 saturated carbocycles. The number of H-pyrrole nitrogens is 1. The molecule has 0 aliphatic rings. The molecule has 0 aliphatic carbocycles. The molecular formula is C15H17BrN2O5. The summed E-state index contributed by atoms with van der Waals surface area (Å²) in [5.41, 5.74) is 8.55. The van der Waals surface area contributed by atoms with Crippen LogP contribution in [0.1, 0.15) is 32.9 Å². The second kappa shape index (κ2) is 7.24. The third-order valence-corrected chi connectivity index (χ3v) is 4.51. The van der Waals surface area contributed by atoms with E-state index in [2.05, 4.69) is 20.9 Å². The molecule has 0 fully saturated rings. The Morgan fingerprint density at radius 3 is 2.26 bits per heavy atom. The fourth-order valence-corrected chi connectivity index (χ4v) is 3.33. The normalized spacial score (nSPS) is 11.0. The molecule has 2 rings (SSSR count). The maximum Gasteiger partial charge on any atom is 0.353 e. The minimum Gasteiger partial charge on any atom is -0.477 e. The lowest BCUT2D eigenvalue weighted by molar-refractivity contribution is 0.0690. The van der Waals surface area contributed by atoms with Gasteiger partial charge in [0.15, 0.2) is 0 Å². The molecule has 1 heterocycles. The quantitative estimate of drug-likeness (QED) is 0.440. The highest BCUT2D eigenvalue weighted by molar-refractivity contribution is 9.10. The number of benzene rings is 1. The van der Waals surface area contributed by atoms with Gasteiger partial charge in [0.25, 0.3) is 0 Å². The van der Waals surface area contributed by atoms with Crippen molar-refractivity contribution < 1.29 is 25.2 Å². The van der Waals surface area contributed by atoms with Gasteiger partial charge >= 0.3 is 5.97 Å². The first kappa shape index (κ1) is 17.6. The fourth-order valence-electron chi connectivity index (χ4n) is 2.61. The Hall–Kier alpha value is -1.71. The van der Waals surface area contributed by atoms with Gasteiger partial charge in [-0.2, -0.15) is 0 Å². The van der Waals surface area contributed by atoms with E-state index in [0.29, 0.717) is 38.0 Å². The van der Waals surface area contributed by atoms with Crippen molar-refractivity contribution in [2.75, 3.05) is 0 Å². The largest absolute Gasteiger partial charge is 0.477 e. The summed E-state index contributed by atoms with van der Waals surface area (Å²) in [5, 5.41) is 37.9. The monoisotopic (exact) mass is 384 g/mol. The number of carboxylic acids is 1. The highest BCUT2D eigenvalue weighted by atomic mass is 79.9. The lowest BCUT2D eigenvalue weighted by Gasteiger charge is -2.16. The van der Waals surface area contributed by atoms with Crippen molar-refractivity contribution >= 4 is 21.9 Å². The van der Waals surface area contributed by atoms with Gasteiger partial charge in [-0.3, -0.25) is 0 Å². The van der Waals surface area contributed by atoms with Crippen LogP contribution in [0.25, 0.3) is 11.1 Å². The van der Waals surface area contributed by atoms with Crippen LogP contribution < -0.4 is 5.73 Å². The van der Waals surface area contributed by atoms with E-state index in [-0.39, 0.29) is 32.1 Å². The van der Waals surface area contributed by atoms with E-state index >= 15 is 0 Å². The highest BCUT2D eigenvalue weighted by Crippen LogP contribution is 2.38. The number of aromatic carboxylic acids is 1. The van der Waals surface area contributed by atoms with E-state index in [1.165, 1.54) is 0 Å². The number of carboxylic acid groups (broad SMARTS) is 1. The Labute approximate surface area is 140 Å². The highest BCUT2D eigenvalue weighted by Gasteiger charge is 2.23. The SMILES string of the molecule is NCc1[nH]c(C(=O)O)c(Br)c1-c1ccc(CO)c(CO)c1CO. The van der Waals surface area contributed by atoms with Crippen LogP contribution in [0, 0.1) is 0 Å². The second-order valence-corrected chi connectivity index (χ2v) is 5.67. The molecule has 0 saturated heterocycles. The van der Waals surface area contributed by atoms with Crippen molar-refractivity contribution in [1.82, 2.24) is 4.98 Å². The number of rotatable bonds is 6. The number of aromatic amines is 1. The van der Waals surface area contributed by atoms with E-state index in [1.807, 2.05) is 0 Å². The lowest BCUT2D eigenvalue weighted by atomic mass is 9.92. The molecule has 0 unspecified atom stereocenters. The zero-order valence-corrected chi connectivity index (χ0v) is 13.7. The number of nitrogens with two attached hydrogens (primary N) is 1. The Morgan fingerprint density at radius 1 is 1.13 bits per heavy atom. The van der Waals surface area contributed by atoms with Gasteiger partial charge in [-0.05, 0) is 38.2 Å². The molecule has 0 aliphatic heterocycles. The fraction of sp³-hybridized carbons (Fsp3) is 0.267. The summed E-state index contributed by atoms with van der Waals surface area (Å²) in [6.45, 7) is -0.932. The Kier molecular flexibility index (Phi) is 5.55. The Morgan fingerprint density at radius 2 is 1.78 bits per heavy atom. The molecular weight excluding hydrogens is 368 g/mol. The number of halogens is 1. The van der Waals surface area contributed by atoms with E-state index in [1.54, 1.807) is 12.1 Å². The van der Waals surface area contributed by atoms with Crippen molar-refractivity contribution in [2.24, 2.45) is 5.73 Å². The first-order valence-corrected chi connectivity index (χ1v) is 7.59. The topological polar surface area (TPSA) is 140 Å². The van der Waals surface area contributed by atoms with Gasteiger partial charge in [0.2, 0.25) is 0 Å². The van der Waals surface area contributed by atoms with Crippen molar-refractivity contribution in [3.8, 4) is 11.1 Å². The first-order chi connectivity index (χ1) is 11.0. The van der Waals surface area contributed by atoms with Crippen LogP contribution in [-0.2, 0) is 26.4 Å². The summed E-state index contributed by atoms with van der Waals surface area (Å²) in [4.78, 5) is 14.0. The van der Waals surface area contributed by atoms with Crippen molar-refractivity contribution in [3.05, 3.63) is 44.7 Å². The van der Waals surface area contributed by atoms with Gasteiger partial charge in [0, 0.05) is 17.8 Å². The summed E-state index contributed by atoms with van der Waals surface area (Å²) in [6.07, 6.45) is 0. The Bertz CT molecular complexity index is 742. The van der Waals surface area contributed by atoms with Gasteiger partial charge in [-0.15, -0.1) is 0 Å². The minimum atomic E-state index is -1.14. The second-order valence-electron chi connectivity index (χ2n) is 4.88. The molecule has 0 amide bonds. The van der Waals surface area contributed by atoms with E-state index in [9.17, 15) is 25.2 Å². The van der Waals surface area contributed by atoms with Crippen molar-refractivity contribution in [3.63, 3.8) is 0 Å². The molecule has 23 heavy (non-hydrogen) atoms. The van der Waals surface area contributed by atoms with E-state index in [4.69, 9.17) is 5.73 Å². The van der Waals surface area contributed by atoms with Crippen LogP contribution >= 0.6 is 15.9 Å². The van der Waals surface area contributed by atoms with Crippen LogP contribution in [0.4, 0.5) is 0 Å². The average molecular weight is 385 g/mol. The third kappa shape index (κ3) is 3.04. The van der Waals surface area contributed by atoms with E-state index in [0.717, 1.165) is 0 Å². The van der Waals surface area contributed by atoms with Gasteiger partial charge < -0.3 is 31.1 Å². The standard InChI is InChI=1S/C15H17BrN2O5/c16-13-12(11(3-17)18-14(13)15(22)23)8-2-1-7(4-19)9(5-20)10(8)6-21/h1-2,18-21H,3-6,17H2,(H,22,23). The maximum absolute atomic E-state index is 11.3. The summed E-state index contributed by atoms with van der Waals surface area (Å²) >= 11 is 3.26. The predicted octanol–water partition coefficient (Wildman–Crippen LogP) is 1.08. The molecule has 0 atom stereocenters. The van der Waals surface area contributed by atoms with Gasteiger partial charge in [0.05, 0.1) is 24.3 Å². The number of hydrogen-bond acceptors (Lipinski definition) is 5. The van der Waals surface area contributed by atoms with Crippen molar-refractivity contribution in [1.29, 1.82) is 0 Å². The summed E-state index contributed by atoms with van der Waals surface area (Å²) in [6, 6.07) is 3.29. The van der Waals surface area contributed by atoms with E-state index < -0.39 is 5.97 Å². The maximum atomic E-state index is 11.3. The number of aliphatic hydroxyl groups is 3. The predicted molar refractivity (Wildman–Crippen MR) is 86.5 cm³/mol. The molecule has 0 radical (unpaired) electrons. The molecule has 0 bridgehead atoms. The summed E-state index contributed by atoms with van der Waals surface area (Å²) < 4.78 is 0.320. The average Bonchev–Trinajstić information content (AvgIpc) is 2.89. The minimum absolute atomic E-state index is 0.0406. The van der Waals surface area contributed by atoms with Gasteiger partial charge in [0.1, 0.15) is 5.69 Å². The van der Waals surface area contributed by atoms with Crippen LogP contribution in [0.5, 0.6) is 0 Å². The molecule has 0 spiro atoms. The van der Waals surface area contributed by atoms with Gasteiger partial charge in [-0.1, -0.05) is 12.1 Å². The lowest BCUT2D eigenvalue weighted by Crippen LogP contribution is -2.05. The zero-order chi connectivity index (χ0) is 17.1. The molecule has 8 heteroatoms. The molecule has 7 nitrogen and oxygen atoms in total. The summed E-state index contributed by atoms with van der Waals surface area (Å²) in [7, 11) is 0. The summed E-state index contributed by atoms with van der Waals surface area (Å²) in [5.74, 6) is -1.14. The first-order valence-electron chi connectivity index (χ1n) is 6.80. The number of hydrogen-bond donors (Lipinski definition) is 6. The molecule has 124 valence electrons. The number of carbonyl (C=O) groups is 1. The molecule has 7 N–H and O–H groups in total. The molecule has 2 aromatic rings. The molecule has 1 aromatic carbocycles. The van der Waals surface area contributed by atoms with Crippen LogP contribution in [0.2, 0.25) is 0 Å². The zero-order valence-electron chi connectivity index (χ0n) is 12.1. The smallest absolute Gasteiger partial charge is 0.353 e. The number of aliphatic hydroxyl groups excluding tert-OH is 3. The van der Waals surface area contributed by atoms with Crippen LogP contribution in [0.3, 0.4) is 0 Å². The molecule has 1 aromatic heterocycles. The van der Waals surface area contributed by atoms with Crippen LogP contribution in [-0.4, -0.2) is 31.4 Å². The third-order valence-electron chi connectivity index (χ3n) is 3.72. The number of nitrogens with one attached hydrogen (secondary N) is 1. The van der Waals surface area contributed by atoms with Gasteiger partial charge in [-0.25, -0.2) is 4.79 Å².